The van der Waals surface area contributed by atoms with Crippen LogP contribution in [0, 0.1) is 0 Å². The molecule has 1 N–H and O–H groups in total. The summed E-state index contributed by atoms with van der Waals surface area (Å²) in [6.45, 7) is 1.06. The van der Waals surface area contributed by atoms with Crippen LogP contribution in [0.25, 0.3) is 0 Å². The van der Waals surface area contributed by atoms with Gasteiger partial charge in [-0.1, -0.05) is 30.3 Å². The molecule has 5 nitrogen and oxygen atoms in total. The number of carbonyl (C=O) groups is 2. The molecule has 2 aromatic rings. The maximum Gasteiger partial charge on any atom is 0.416 e. The molecule has 154 valence electrons. The van der Waals surface area contributed by atoms with E-state index in [-0.39, 0.29) is 18.2 Å². The lowest BCUT2D eigenvalue weighted by Crippen LogP contribution is -2.29. The fourth-order valence-electron chi connectivity index (χ4n) is 3.12. The van der Waals surface area contributed by atoms with E-state index >= 15 is 0 Å². The number of carbonyl (C=O) groups excluding carboxylic acids is 2. The fourth-order valence-corrected chi connectivity index (χ4v) is 3.12. The largest absolute Gasteiger partial charge is 0.484 e. The summed E-state index contributed by atoms with van der Waals surface area (Å²) < 4.78 is 43.3. The zero-order valence-electron chi connectivity index (χ0n) is 15.7. The summed E-state index contributed by atoms with van der Waals surface area (Å²) in [4.78, 5) is 25.7. The molecule has 0 saturated carbocycles. The van der Waals surface area contributed by atoms with Crippen LogP contribution in [-0.2, 0) is 28.9 Å². The Bertz CT molecular complexity index is 883. The predicted molar refractivity (Wildman–Crippen MR) is 99.9 cm³/mol. The second-order valence-electron chi connectivity index (χ2n) is 6.78. The zero-order chi connectivity index (χ0) is 20.9. The van der Waals surface area contributed by atoms with E-state index in [2.05, 4.69) is 5.32 Å². The SMILES string of the molecule is O=C(COc1cccc(C(F)(F)F)c1)NCc1ccccc1CN1CCCC1=O. The number of benzene rings is 2. The molecule has 1 aliphatic heterocycles. The lowest BCUT2D eigenvalue weighted by Gasteiger charge is -2.18. The highest BCUT2D eigenvalue weighted by Crippen LogP contribution is 2.31. The van der Waals surface area contributed by atoms with Gasteiger partial charge in [0.1, 0.15) is 5.75 Å². The van der Waals surface area contributed by atoms with Gasteiger partial charge in [-0.2, -0.15) is 13.2 Å². The average Bonchev–Trinajstić information content (AvgIpc) is 3.10. The van der Waals surface area contributed by atoms with Crippen LogP contribution in [0.15, 0.2) is 48.5 Å². The number of hydrogen-bond donors (Lipinski definition) is 1. The predicted octanol–water partition coefficient (Wildman–Crippen LogP) is 3.52. The van der Waals surface area contributed by atoms with Gasteiger partial charge in [0.25, 0.3) is 5.91 Å². The van der Waals surface area contributed by atoms with Gasteiger partial charge < -0.3 is 15.0 Å². The minimum Gasteiger partial charge on any atom is -0.484 e. The first-order valence-corrected chi connectivity index (χ1v) is 9.24. The molecule has 8 heteroatoms. The summed E-state index contributed by atoms with van der Waals surface area (Å²) in [5.74, 6) is -0.351. The molecule has 0 atom stereocenters. The van der Waals surface area contributed by atoms with E-state index in [1.54, 1.807) is 4.90 Å². The molecule has 0 bridgehead atoms. The van der Waals surface area contributed by atoms with Crippen LogP contribution in [0.1, 0.15) is 29.5 Å². The van der Waals surface area contributed by atoms with E-state index < -0.39 is 24.3 Å². The van der Waals surface area contributed by atoms with Gasteiger partial charge in [-0.3, -0.25) is 9.59 Å². The zero-order valence-corrected chi connectivity index (χ0v) is 15.7. The van der Waals surface area contributed by atoms with Crippen LogP contribution < -0.4 is 10.1 Å². The number of nitrogens with one attached hydrogen (secondary N) is 1. The number of alkyl halides is 3. The molecule has 29 heavy (non-hydrogen) atoms. The monoisotopic (exact) mass is 406 g/mol. The van der Waals surface area contributed by atoms with Crippen LogP contribution >= 0.6 is 0 Å². The molecule has 0 aliphatic carbocycles. The van der Waals surface area contributed by atoms with Crippen molar-refractivity contribution in [3.63, 3.8) is 0 Å². The molecule has 0 spiro atoms. The van der Waals surface area contributed by atoms with E-state index in [1.165, 1.54) is 12.1 Å². The van der Waals surface area contributed by atoms with Crippen molar-refractivity contribution in [2.75, 3.05) is 13.2 Å². The van der Waals surface area contributed by atoms with Gasteiger partial charge in [0, 0.05) is 26.1 Å². The molecular weight excluding hydrogens is 385 g/mol. The Kier molecular flexibility index (Phi) is 6.41. The molecule has 2 amide bonds. The van der Waals surface area contributed by atoms with Gasteiger partial charge in [0.05, 0.1) is 5.56 Å². The highest BCUT2D eigenvalue weighted by Gasteiger charge is 2.30. The van der Waals surface area contributed by atoms with Gasteiger partial charge in [-0.05, 0) is 35.7 Å². The molecule has 0 unspecified atom stereocenters. The Morgan fingerprint density at radius 2 is 1.86 bits per heavy atom. The van der Waals surface area contributed by atoms with Crippen molar-refractivity contribution in [1.29, 1.82) is 0 Å². The van der Waals surface area contributed by atoms with Crippen molar-refractivity contribution in [2.24, 2.45) is 0 Å². The summed E-state index contributed by atoms with van der Waals surface area (Å²) in [5.41, 5.74) is 0.988. The molecule has 1 heterocycles. The second kappa shape index (κ2) is 8.98. The summed E-state index contributed by atoms with van der Waals surface area (Å²) in [6.07, 6.45) is -3.06. The smallest absolute Gasteiger partial charge is 0.416 e. The highest BCUT2D eigenvalue weighted by atomic mass is 19.4. The molecule has 0 aromatic heterocycles. The molecule has 0 radical (unpaired) electrons. The number of likely N-dealkylation sites (tertiary alicyclic amines) is 1. The second-order valence-corrected chi connectivity index (χ2v) is 6.78. The van der Waals surface area contributed by atoms with Crippen LogP contribution in [0.2, 0.25) is 0 Å². The summed E-state index contributed by atoms with van der Waals surface area (Å²) in [7, 11) is 0. The maximum absolute atomic E-state index is 12.7. The number of amides is 2. The first kappa shape index (κ1) is 20.7. The van der Waals surface area contributed by atoms with E-state index in [0.29, 0.717) is 13.0 Å². The molecule has 1 saturated heterocycles. The molecule has 1 fully saturated rings. The van der Waals surface area contributed by atoms with Crippen LogP contribution in [-0.4, -0.2) is 29.9 Å². The Balaban J connectivity index is 1.53. The Morgan fingerprint density at radius 1 is 1.10 bits per heavy atom. The maximum atomic E-state index is 12.7. The number of halogens is 3. The third-order valence-electron chi connectivity index (χ3n) is 4.66. The standard InChI is InChI=1S/C21H21F3N2O3/c22-21(23,24)17-7-3-8-18(11-17)29-14-19(27)25-12-15-5-1-2-6-16(15)13-26-10-4-9-20(26)28/h1-3,5-8,11H,4,9-10,12-14H2,(H,25,27). The first-order chi connectivity index (χ1) is 13.8. The van der Waals surface area contributed by atoms with E-state index in [0.717, 1.165) is 36.2 Å². The van der Waals surface area contributed by atoms with Gasteiger partial charge in [0.15, 0.2) is 6.61 Å². The number of rotatable bonds is 7. The Hall–Kier alpha value is -3.03. The third-order valence-corrected chi connectivity index (χ3v) is 4.66. The Morgan fingerprint density at radius 3 is 2.55 bits per heavy atom. The third kappa shape index (κ3) is 5.73. The van der Waals surface area contributed by atoms with Crippen molar-refractivity contribution >= 4 is 11.8 Å². The normalized spacial score (nSPS) is 14.2. The van der Waals surface area contributed by atoms with E-state index in [1.807, 2.05) is 24.3 Å². The van der Waals surface area contributed by atoms with Gasteiger partial charge in [0.2, 0.25) is 5.91 Å². The van der Waals surface area contributed by atoms with Crippen LogP contribution in [0.5, 0.6) is 5.75 Å². The van der Waals surface area contributed by atoms with Crippen molar-refractivity contribution in [3.8, 4) is 5.75 Å². The van der Waals surface area contributed by atoms with Crippen molar-refractivity contribution < 1.29 is 27.5 Å². The van der Waals surface area contributed by atoms with Crippen LogP contribution in [0.3, 0.4) is 0 Å². The topological polar surface area (TPSA) is 58.6 Å². The average molecular weight is 406 g/mol. The minimum atomic E-state index is -4.47. The number of ether oxygens (including phenoxy) is 1. The summed E-state index contributed by atoms with van der Waals surface area (Å²) in [5, 5.41) is 2.70. The molecular formula is C21H21F3N2O3. The van der Waals surface area contributed by atoms with Crippen molar-refractivity contribution in [3.05, 3.63) is 65.2 Å². The fraction of sp³-hybridized carbons (Fsp3) is 0.333. The van der Waals surface area contributed by atoms with Gasteiger partial charge >= 0.3 is 6.18 Å². The lowest BCUT2D eigenvalue weighted by atomic mass is 10.1. The minimum absolute atomic E-state index is 0.0251. The summed E-state index contributed by atoms with van der Waals surface area (Å²) >= 11 is 0. The number of nitrogens with zero attached hydrogens (tertiary/aromatic N) is 1. The lowest BCUT2D eigenvalue weighted by molar-refractivity contribution is -0.137. The van der Waals surface area contributed by atoms with Gasteiger partial charge in [-0.15, -0.1) is 0 Å². The van der Waals surface area contributed by atoms with E-state index in [9.17, 15) is 22.8 Å². The van der Waals surface area contributed by atoms with Crippen LogP contribution in [0.4, 0.5) is 13.2 Å². The highest BCUT2D eigenvalue weighted by molar-refractivity contribution is 5.78. The first-order valence-electron chi connectivity index (χ1n) is 9.24. The molecule has 1 aliphatic rings. The Labute approximate surface area is 166 Å². The quantitative estimate of drug-likeness (QED) is 0.766. The molecule has 3 rings (SSSR count). The molecule has 2 aromatic carbocycles. The van der Waals surface area contributed by atoms with Crippen molar-refractivity contribution in [2.45, 2.75) is 32.1 Å². The summed E-state index contributed by atoms with van der Waals surface area (Å²) in [6, 6.07) is 11.9. The van der Waals surface area contributed by atoms with Gasteiger partial charge in [-0.25, -0.2) is 0 Å². The van der Waals surface area contributed by atoms with E-state index in [4.69, 9.17) is 4.74 Å². The van der Waals surface area contributed by atoms with Crippen molar-refractivity contribution in [1.82, 2.24) is 10.2 Å². The number of hydrogen-bond acceptors (Lipinski definition) is 3.